The second-order valence-corrected chi connectivity index (χ2v) is 12.8. The van der Waals surface area contributed by atoms with Crippen LogP contribution in [0.5, 0.6) is 0 Å². The molecule has 0 saturated carbocycles. The molecule has 0 spiro atoms. The molecule has 268 valence electrons. The van der Waals surface area contributed by atoms with Gasteiger partial charge in [0.05, 0.1) is 29.3 Å². The number of carbonyl (C=O) groups is 5. The lowest BCUT2D eigenvalue weighted by atomic mass is 10.0. The third kappa shape index (κ3) is 7.42. The number of carbonyl (C=O) groups excluding carboxylic acids is 5. The predicted molar refractivity (Wildman–Crippen MR) is 196 cm³/mol. The number of hydrogen-bond donors (Lipinski definition) is 3. The van der Waals surface area contributed by atoms with E-state index in [1.54, 1.807) is 49.5 Å². The first-order valence-electron chi connectivity index (χ1n) is 17.4. The van der Waals surface area contributed by atoms with Gasteiger partial charge in [-0.1, -0.05) is 37.3 Å². The van der Waals surface area contributed by atoms with Crippen molar-refractivity contribution in [1.82, 2.24) is 45.4 Å². The van der Waals surface area contributed by atoms with Gasteiger partial charge in [-0.15, -0.1) is 0 Å². The van der Waals surface area contributed by atoms with Crippen molar-refractivity contribution < 1.29 is 24.0 Å². The van der Waals surface area contributed by atoms with E-state index in [9.17, 15) is 24.0 Å². The van der Waals surface area contributed by atoms with Crippen molar-refractivity contribution >= 4 is 46.4 Å². The van der Waals surface area contributed by atoms with Crippen LogP contribution < -0.4 is 16.0 Å². The fourth-order valence-electron chi connectivity index (χ4n) is 6.57. The molecule has 3 N–H and O–H groups in total. The van der Waals surface area contributed by atoms with Crippen molar-refractivity contribution in [3.05, 3.63) is 102 Å². The van der Waals surface area contributed by atoms with Crippen LogP contribution in [0.1, 0.15) is 64.9 Å². The number of imide groups is 1. The normalized spacial score (nSPS) is 15.7. The first-order chi connectivity index (χ1) is 25.7. The first kappa shape index (κ1) is 34.9. The first-order valence-corrected chi connectivity index (χ1v) is 17.4. The van der Waals surface area contributed by atoms with Gasteiger partial charge in [0.15, 0.2) is 0 Å². The zero-order valence-corrected chi connectivity index (χ0v) is 29.3. The number of aromatic nitrogens is 5. The number of hydrogen-bond acceptors (Lipinski definition) is 9. The summed E-state index contributed by atoms with van der Waals surface area (Å²) >= 11 is 0. The van der Waals surface area contributed by atoms with Crippen molar-refractivity contribution in [3.8, 4) is 22.5 Å². The Morgan fingerprint density at radius 1 is 0.962 bits per heavy atom. The van der Waals surface area contributed by atoms with E-state index in [-0.39, 0.29) is 48.5 Å². The summed E-state index contributed by atoms with van der Waals surface area (Å²) in [7, 11) is 0. The second-order valence-electron chi connectivity index (χ2n) is 12.8. The molecular formula is C39H37N9O5. The number of fused-ring (bicyclic) bond motifs is 2. The van der Waals surface area contributed by atoms with E-state index in [4.69, 9.17) is 9.97 Å². The van der Waals surface area contributed by atoms with Crippen LogP contribution in [0, 0.1) is 0 Å². The number of piperidine rings is 1. The zero-order chi connectivity index (χ0) is 37.1. The molecule has 0 bridgehead atoms. The molecular weight excluding hydrogens is 674 g/mol. The molecule has 2 aliphatic heterocycles. The summed E-state index contributed by atoms with van der Waals surface area (Å²) in [5.41, 5.74) is 5.19. The molecule has 1 aromatic carbocycles. The Kier molecular flexibility index (Phi) is 9.84. The largest absolute Gasteiger partial charge is 0.347 e. The molecule has 7 rings (SSSR count). The number of amides is 5. The van der Waals surface area contributed by atoms with E-state index < -0.39 is 17.9 Å². The van der Waals surface area contributed by atoms with Crippen LogP contribution in [0.2, 0.25) is 0 Å². The van der Waals surface area contributed by atoms with E-state index in [1.165, 1.54) is 6.07 Å². The summed E-state index contributed by atoms with van der Waals surface area (Å²) in [6, 6.07) is 15.6. The van der Waals surface area contributed by atoms with Crippen molar-refractivity contribution in [1.29, 1.82) is 0 Å². The van der Waals surface area contributed by atoms with Crippen LogP contribution in [0.15, 0.2) is 73.1 Å². The van der Waals surface area contributed by atoms with Crippen molar-refractivity contribution in [2.45, 2.75) is 52.2 Å². The molecule has 1 unspecified atom stereocenters. The number of nitrogens with zero attached hydrogens (tertiary/aromatic N) is 6. The van der Waals surface area contributed by atoms with Gasteiger partial charge < -0.3 is 20.1 Å². The fourth-order valence-corrected chi connectivity index (χ4v) is 6.57. The van der Waals surface area contributed by atoms with Gasteiger partial charge in [-0.05, 0) is 48.2 Å². The number of nitrogens with one attached hydrogen (secondary N) is 3. The minimum atomic E-state index is -0.799. The zero-order valence-electron chi connectivity index (χ0n) is 29.3. The average molecular weight is 712 g/mol. The second kappa shape index (κ2) is 15.0. The van der Waals surface area contributed by atoms with Crippen LogP contribution in [-0.2, 0) is 33.9 Å². The number of imidazole rings is 1. The highest BCUT2D eigenvalue weighted by molar-refractivity contribution is 6.03. The van der Waals surface area contributed by atoms with Crippen LogP contribution in [0.3, 0.4) is 0 Å². The van der Waals surface area contributed by atoms with E-state index in [0.717, 1.165) is 52.1 Å². The molecule has 2 aliphatic rings. The summed E-state index contributed by atoms with van der Waals surface area (Å²) in [5, 5.41) is 9.55. The van der Waals surface area contributed by atoms with E-state index in [2.05, 4.69) is 37.4 Å². The van der Waals surface area contributed by atoms with Crippen LogP contribution >= 0.6 is 0 Å². The standard InChI is InChI=1S/C39H37N9O5/c1-3-34-45-36(33-22-47(23(2)49)17-18-48(33)34)27-10-4-7-24-19-32(42-21-28(24)27)25-12-13-29(41-20-25)37(51)40-16-6-9-26-8-5-11-30(43-26)38(52)44-31-14-15-35(50)46-39(31)53/h4-13,19-21,31H,3,14-18,22H2,1-2H3,(H,40,51)(H,44,52)(H,46,50,53)/b9-6+. The summed E-state index contributed by atoms with van der Waals surface area (Å²) in [5.74, 6) is -0.730. The van der Waals surface area contributed by atoms with Gasteiger partial charge in [0.25, 0.3) is 11.8 Å². The Morgan fingerprint density at radius 2 is 1.81 bits per heavy atom. The molecule has 14 nitrogen and oxygen atoms in total. The summed E-state index contributed by atoms with van der Waals surface area (Å²) < 4.78 is 2.24. The number of benzene rings is 1. The smallest absolute Gasteiger partial charge is 0.270 e. The Bertz CT molecular complexity index is 2300. The highest BCUT2D eigenvalue weighted by Crippen LogP contribution is 2.34. The van der Waals surface area contributed by atoms with Gasteiger partial charge in [0, 0.05) is 68.3 Å². The molecule has 6 heterocycles. The predicted octanol–water partition coefficient (Wildman–Crippen LogP) is 3.46. The maximum absolute atomic E-state index is 12.8. The Morgan fingerprint density at radius 3 is 2.58 bits per heavy atom. The number of rotatable bonds is 9. The Labute approximate surface area is 304 Å². The number of pyridine rings is 3. The van der Waals surface area contributed by atoms with Gasteiger partial charge in [-0.3, -0.25) is 39.3 Å². The highest BCUT2D eigenvalue weighted by atomic mass is 16.2. The van der Waals surface area contributed by atoms with Crippen molar-refractivity contribution in [2.24, 2.45) is 0 Å². The van der Waals surface area contributed by atoms with Crippen molar-refractivity contribution in [3.63, 3.8) is 0 Å². The molecule has 53 heavy (non-hydrogen) atoms. The minimum Gasteiger partial charge on any atom is -0.347 e. The fraction of sp³-hybridized carbons (Fsp3) is 0.256. The highest BCUT2D eigenvalue weighted by Gasteiger charge is 2.29. The third-order valence-electron chi connectivity index (χ3n) is 9.38. The maximum atomic E-state index is 12.8. The quantitative estimate of drug-likeness (QED) is 0.193. The van der Waals surface area contributed by atoms with Gasteiger partial charge in [0.1, 0.15) is 23.3 Å². The summed E-state index contributed by atoms with van der Waals surface area (Å²) in [6.07, 6.45) is 8.00. The van der Waals surface area contributed by atoms with Gasteiger partial charge >= 0.3 is 0 Å². The minimum absolute atomic E-state index is 0.0505. The monoisotopic (exact) mass is 711 g/mol. The lowest BCUT2D eigenvalue weighted by molar-refractivity contribution is -0.134. The molecule has 1 atom stereocenters. The topological polar surface area (TPSA) is 181 Å². The Hall–Kier alpha value is -6.57. The van der Waals surface area contributed by atoms with E-state index in [0.29, 0.717) is 24.5 Å². The van der Waals surface area contributed by atoms with E-state index >= 15 is 0 Å². The van der Waals surface area contributed by atoms with Crippen LogP contribution in [0.25, 0.3) is 39.4 Å². The average Bonchev–Trinajstić information content (AvgIpc) is 3.55. The number of aryl methyl sites for hydroxylation is 1. The lowest BCUT2D eigenvalue weighted by Crippen LogP contribution is -2.52. The molecule has 0 aliphatic carbocycles. The van der Waals surface area contributed by atoms with Crippen molar-refractivity contribution in [2.75, 3.05) is 13.1 Å². The summed E-state index contributed by atoms with van der Waals surface area (Å²) in [6.45, 7) is 5.79. The summed E-state index contributed by atoms with van der Waals surface area (Å²) in [4.78, 5) is 81.3. The molecule has 1 saturated heterocycles. The molecule has 5 aromatic rings. The molecule has 14 heteroatoms. The van der Waals surface area contributed by atoms with Gasteiger partial charge in [-0.25, -0.2) is 9.97 Å². The SMILES string of the molecule is CCc1nc(-c2cccc3cc(-c4ccc(C(=O)NC/C=C/c5cccc(C(=O)NC6CCC(=O)NC6=O)n5)nc4)ncc23)c2n1CCN(C(C)=O)C2. The molecule has 0 radical (unpaired) electrons. The lowest BCUT2D eigenvalue weighted by Gasteiger charge is -2.28. The molecule has 4 aromatic heterocycles. The van der Waals surface area contributed by atoms with Gasteiger partial charge in [-0.2, -0.15) is 0 Å². The Balaban J connectivity index is 0.988. The third-order valence-corrected chi connectivity index (χ3v) is 9.38. The maximum Gasteiger partial charge on any atom is 0.270 e. The van der Waals surface area contributed by atoms with Gasteiger partial charge in [0.2, 0.25) is 17.7 Å². The molecule has 5 amide bonds. The molecule has 1 fully saturated rings. The van der Waals surface area contributed by atoms with Crippen LogP contribution in [-0.4, -0.2) is 78.1 Å². The van der Waals surface area contributed by atoms with Crippen LogP contribution in [0.4, 0.5) is 0 Å². The van der Waals surface area contributed by atoms with E-state index in [1.807, 2.05) is 35.4 Å².